The van der Waals surface area contributed by atoms with Crippen molar-refractivity contribution in [2.45, 2.75) is 89.7 Å². The Balaban J connectivity index is 1.41. The zero-order chi connectivity index (χ0) is 29.3. The Kier molecular flexibility index (Phi) is 8.82. The van der Waals surface area contributed by atoms with E-state index in [2.05, 4.69) is 11.3 Å². The first-order chi connectivity index (χ1) is 19.5. The van der Waals surface area contributed by atoms with Crippen LogP contribution < -0.4 is 5.56 Å². The highest BCUT2D eigenvalue weighted by molar-refractivity contribution is 7.92. The standard InChI is InChI=1S/C33H47N3O4S/c1-25(20-26-12-6-4-7-13-26)31(38)35-19-18-33(39,32(23-35)16-10-11-17-32)24-36-22-29(34-41(2,3)40)28(21-30(36)37)27-14-8-5-9-15-27/h5,8-9,14-15,21-22,25-26,39H,4,6-7,10-13,16-20,23-24H2,1-3H3/t25-,33?/m1/s1. The molecule has 0 bridgehead atoms. The summed E-state index contributed by atoms with van der Waals surface area (Å²) in [6, 6.07) is 11.1. The van der Waals surface area contributed by atoms with Crippen molar-refractivity contribution in [3.63, 3.8) is 0 Å². The van der Waals surface area contributed by atoms with Gasteiger partial charge in [0.2, 0.25) is 5.91 Å². The molecule has 1 unspecified atom stereocenters. The van der Waals surface area contributed by atoms with E-state index >= 15 is 0 Å². The van der Waals surface area contributed by atoms with Gasteiger partial charge in [0.25, 0.3) is 5.56 Å². The van der Waals surface area contributed by atoms with Gasteiger partial charge in [0.15, 0.2) is 0 Å². The number of amides is 1. The third-order valence-corrected chi connectivity index (χ3v) is 10.6. The normalized spacial score (nSPS) is 24.0. The van der Waals surface area contributed by atoms with E-state index in [0.29, 0.717) is 36.7 Å². The van der Waals surface area contributed by atoms with Gasteiger partial charge in [-0.1, -0.05) is 82.2 Å². The Bertz CT molecular complexity index is 1410. The number of nitrogens with zero attached hydrogens (tertiary/aromatic N) is 3. The SMILES string of the molecule is C[C@H](CC1CCCCC1)C(=O)N1CCC(O)(Cn2cc(N=S(C)(C)=O)c(-c3ccccc3)cc2=O)C2(CCCC2)C1. The molecule has 1 aromatic heterocycles. The molecular weight excluding hydrogens is 534 g/mol. The molecular formula is C33H47N3O4S. The van der Waals surface area contributed by atoms with Crippen LogP contribution in [0.1, 0.15) is 77.6 Å². The average Bonchev–Trinajstić information content (AvgIpc) is 3.42. The number of aromatic nitrogens is 1. The van der Waals surface area contributed by atoms with Gasteiger partial charge in [-0.15, -0.1) is 0 Å². The maximum atomic E-state index is 13.6. The second-order valence-electron chi connectivity index (χ2n) is 13.3. The average molecular weight is 582 g/mol. The molecule has 8 heteroatoms. The van der Waals surface area contributed by atoms with Crippen molar-refractivity contribution in [3.8, 4) is 11.1 Å². The number of hydrogen-bond acceptors (Lipinski definition) is 5. The third-order valence-electron chi connectivity index (χ3n) is 9.92. The van der Waals surface area contributed by atoms with Gasteiger partial charge < -0.3 is 14.6 Å². The summed E-state index contributed by atoms with van der Waals surface area (Å²) >= 11 is 0. The summed E-state index contributed by atoms with van der Waals surface area (Å²) in [5.74, 6) is 0.865. The highest BCUT2D eigenvalue weighted by Gasteiger charge is 2.55. The number of carbonyl (C=O) groups excluding carboxylic acids is 1. The molecule has 1 spiro atoms. The molecule has 2 saturated carbocycles. The lowest BCUT2D eigenvalue weighted by atomic mass is 9.65. The lowest BCUT2D eigenvalue weighted by molar-refractivity contribution is -0.163. The number of piperidine rings is 1. The van der Waals surface area contributed by atoms with E-state index in [1.165, 1.54) is 32.1 Å². The van der Waals surface area contributed by atoms with Gasteiger partial charge in [0.05, 0.1) is 17.8 Å². The monoisotopic (exact) mass is 581 g/mol. The van der Waals surface area contributed by atoms with Crippen LogP contribution in [0.4, 0.5) is 5.69 Å². The van der Waals surface area contributed by atoms with Gasteiger partial charge in [0.1, 0.15) is 0 Å². The van der Waals surface area contributed by atoms with Crippen LogP contribution in [0.25, 0.3) is 11.1 Å². The molecule has 1 amide bonds. The van der Waals surface area contributed by atoms with Crippen LogP contribution in [0, 0.1) is 17.3 Å². The van der Waals surface area contributed by atoms with Crippen LogP contribution in [-0.4, -0.2) is 55.9 Å². The van der Waals surface area contributed by atoms with Crippen LogP contribution in [-0.2, 0) is 21.1 Å². The second-order valence-corrected chi connectivity index (χ2v) is 15.9. The minimum atomic E-state index is -2.49. The summed E-state index contributed by atoms with van der Waals surface area (Å²) < 4.78 is 18.8. The minimum absolute atomic E-state index is 0.00184. The van der Waals surface area contributed by atoms with E-state index in [4.69, 9.17) is 0 Å². The molecule has 3 fully saturated rings. The fourth-order valence-corrected chi connectivity index (χ4v) is 8.37. The zero-order valence-electron chi connectivity index (χ0n) is 25.0. The molecule has 2 heterocycles. The Hall–Kier alpha value is -2.45. The molecule has 2 aromatic rings. The smallest absolute Gasteiger partial charge is 0.251 e. The van der Waals surface area contributed by atoms with Gasteiger partial charge in [-0.25, -0.2) is 4.21 Å². The number of likely N-dealkylation sites (tertiary alicyclic amines) is 1. The number of carbonyl (C=O) groups is 1. The first kappa shape index (κ1) is 30.0. The van der Waals surface area contributed by atoms with E-state index in [9.17, 15) is 18.9 Å². The van der Waals surface area contributed by atoms with E-state index in [-0.39, 0.29) is 23.9 Å². The van der Waals surface area contributed by atoms with Crippen LogP contribution in [0.2, 0.25) is 0 Å². The summed E-state index contributed by atoms with van der Waals surface area (Å²) in [7, 11) is -2.49. The van der Waals surface area contributed by atoms with Crippen molar-refractivity contribution in [1.82, 2.24) is 9.47 Å². The molecule has 41 heavy (non-hydrogen) atoms. The highest BCUT2D eigenvalue weighted by atomic mass is 32.2. The molecule has 1 N–H and O–H groups in total. The summed E-state index contributed by atoms with van der Waals surface area (Å²) in [5.41, 5.74) is 0.171. The van der Waals surface area contributed by atoms with Crippen LogP contribution in [0.3, 0.4) is 0 Å². The van der Waals surface area contributed by atoms with Gasteiger partial charge >= 0.3 is 0 Å². The number of rotatable bonds is 7. The van der Waals surface area contributed by atoms with E-state index in [0.717, 1.165) is 37.7 Å². The van der Waals surface area contributed by atoms with E-state index < -0.39 is 20.7 Å². The van der Waals surface area contributed by atoms with Crippen molar-refractivity contribution >= 4 is 21.3 Å². The molecule has 7 nitrogen and oxygen atoms in total. The quantitative estimate of drug-likeness (QED) is 0.434. The molecule has 3 aliphatic rings. The lowest BCUT2D eigenvalue weighted by Gasteiger charge is -2.53. The van der Waals surface area contributed by atoms with Crippen molar-refractivity contribution in [1.29, 1.82) is 0 Å². The first-order valence-electron chi connectivity index (χ1n) is 15.5. The molecule has 2 atom stereocenters. The predicted octanol–water partition coefficient (Wildman–Crippen LogP) is 6.00. The Labute approximate surface area is 245 Å². The number of aliphatic hydroxyl groups is 1. The van der Waals surface area contributed by atoms with Gasteiger partial charge in [-0.05, 0) is 37.2 Å². The lowest BCUT2D eigenvalue weighted by Crippen LogP contribution is -2.62. The first-order valence-corrected chi connectivity index (χ1v) is 17.8. The fourth-order valence-electron chi connectivity index (χ4n) is 7.75. The van der Waals surface area contributed by atoms with Crippen molar-refractivity contribution in [3.05, 3.63) is 52.9 Å². The Morgan fingerprint density at radius 2 is 1.76 bits per heavy atom. The Morgan fingerprint density at radius 1 is 1.07 bits per heavy atom. The van der Waals surface area contributed by atoms with Crippen LogP contribution in [0.5, 0.6) is 0 Å². The number of benzene rings is 1. The fraction of sp³-hybridized carbons (Fsp3) is 0.636. The zero-order valence-corrected chi connectivity index (χ0v) is 25.8. The second kappa shape index (κ2) is 12.0. The Morgan fingerprint density at radius 3 is 2.41 bits per heavy atom. The maximum absolute atomic E-state index is 13.6. The molecule has 1 aliphatic heterocycles. The topological polar surface area (TPSA) is 92.0 Å². The number of hydrogen-bond donors (Lipinski definition) is 1. The molecule has 5 rings (SSSR count). The summed E-state index contributed by atoms with van der Waals surface area (Å²) in [5, 5.41) is 12.3. The maximum Gasteiger partial charge on any atom is 0.251 e. The highest BCUT2D eigenvalue weighted by Crippen LogP contribution is 2.52. The van der Waals surface area contributed by atoms with Gasteiger partial charge in [0, 0.05) is 64.5 Å². The van der Waals surface area contributed by atoms with Crippen LogP contribution >= 0.6 is 0 Å². The molecule has 2 aliphatic carbocycles. The van der Waals surface area contributed by atoms with E-state index in [1.54, 1.807) is 29.3 Å². The van der Waals surface area contributed by atoms with Crippen molar-refractivity contribution < 1.29 is 14.1 Å². The van der Waals surface area contributed by atoms with Gasteiger partial charge in [-0.2, -0.15) is 4.36 Å². The summed E-state index contributed by atoms with van der Waals surface area (Å²) in [6.45, 7) is 3.26. The van der Waals surface area contributed by atoms with E-state index in [1.807, 2.05) is 35.2 Å². The predicted molar refractivity (Wildman–Crippen MR) is 166 cm³/mol. The largest absolute Gasteiger partial charge is 0.387 e. The van der Waals surface area contributed by atoms with Crippen LogP contribution in [0.15, 0.2) is 51.8 Å². The van der Waals surface area contributed by atoms with Crippen molar-refractivity contribution in [2.75, 3.05) is 25.6 Å². The minimum Gasteiger partial charge on any atom is -0.387 e. The molecule has 224 valence electrons. The molecule has 1 saturated heterocycles. The van der Waals surface area contributed by atoms with Gasteiger partial charge in [-0.3, -0.25) is 9.59 Å². The number of pyridine rings is 1. The summed E-state index contributed by atoms with van der Waals surface area (Å²) in [4.78, 5) is 29.1. The van der Waals surface area contributed by atoms with Crippen molar-refractivity contribution in [2.24, 2.45) is 21.6 Å². The molecule has 1 aromatic carbocycles. The third kappa shape index (κ3) is 6.64. The molecule has 0 radical (unpaired) electrons. The summed E-state index contributed by atoms with van der Waals surface area (Å²) in [6.07, 6.45) is 16.3.